The minimum atomic E-state index is -0.912. The predicted octanol–water partition coefficient (Wildman–Crippen LogP) is -0.193. The van der Waals surface area contributed by atoms with E-state index in [4.69, 9.17) is 30.2 Å². The summed E-state index contributed by atoms with van der Waals surface area (Å²) in [5.41, 5.74) is 5.51. The smallest absolute Gasteiger partial charge is 0.303 e. The first kappa shape index (κ1) is 23.3. The number of ether oxygens (including phenoxy) is 3. The molecule has 0 aliphatic carbocycles. The molecule has 0 spiro atoms. The van der Waals surface area contributed by atoms with Crippen LogP contribution >= 0.6 is 0 Å². The minimum absolute atomic E-state index is 0.00357. The van der Waals surface area contributed by atoms with Crippen molar-refractivity contribution in [3.63, 3.8) is 0 Å². The van der Waals surface area contributed by atoms with Crippen LogP contribution in [0.4, 0.5) is 5.95 Å². The number of nitrogens with zero attached hydrogens (tertiary/aromatic N) is 3. The number of H-pyrrole nitrogens is 1. The number of fused-ring (bicyclic) bond motifs is 1. The van der Waals surface area contributed by atoms with Crippen LogP contribution in [0, 0.1) is 0 Å². The summed E-state index contributed by atoms with van der Waals surface area (Å²) >= 11 is 0. The summed E-state index contributed by atoms with van der Waals surface area (Å²) in [5, 5.41) is 17.3. The second-order valence-corrected chi connectivity index (χ2v) is 6.40. The van der Waals surface area contributed by atoms with Crippen LogP contribution in [0.15, 0.2) is 11.1 Å². The van der Waals surface area contributed by atoms with Gasteiger partial charge in [-0.2, -0.15) is 4.98 Å². The third kappa shape index (κ3) is 7.77. The number of anilines is 1. The Morgan fingerprint density at radius 1 is 1.13 bits per heavy atom. The van der Waals surface area contributed by atoms with E-state index in [0.29, 0.717) is 12.8 Å². The maximum absolute atomic E-state index is 11.8. The van der Waals surface area contributed by atoms with E-state index in [1.165, 1.54) is 10.9 Å². The summed E-state index contributed by atoms with van der Waals surface area (Å²) in [6.45, 7) is 0.757. The van der Waals surface area contributed by atoms with Crippen molar-refractivity contribution in [2.24, 2.45) is 0 Å². The quantitative estimate of drug-likeness (QED) is 0.275. The summed E-state index contributed by atoms with van der Waals surface area (Å²) in [6.07, 6.45) is 1.60. The maximum atomic E-state index is 11.8. The molecule has 0 aliphatic heterocycles. The Morgan fingerprint density at radius 3 is 2.50 bits per heavy atom. The third-order valence-electron chi connectivity index (χ3n) is 3.90. The van der Waals surface area contributed by atoms with Gasteiger partial charge in [0.2, 0.25) is 5.95 Å². The largest absolute Gasteiger partial charge is 0.481 e. The van der Waals surface area contributed by atoms with Gasteiger partial charge in [-0.25, -0.2) is 4.98 Å². The minimum Gasteiger partial charge on any atom is -0.481 e. The molecular weight excluding hydrogens is 402 g/mol. The van der Waals surface area contributed by atoms with E-state index in [1.807, 2.05) is 0 Å². The molecule has 2 aromatic rings. The van der Waals surface area contributed by atoms with E-state index < -0.39 is 23.6 Å². The van der Waals surface area contributed by atoms with Gasteiger partial charge >= 0.3 is 11.9 Å². The number of nitrogens with two attached hydrogens (primary N) is 1. The first-order valence-electron chi connectivity index (χ1n) is 9.28. The van der Waals surface area contributed by atoms with Crippen molar-refractivity contribution in [3.8, 4) is 0 Å². The monoisotopic (exact) mass is 427 g/mol. The van der Waals surface area contributed by atoms with Crippen molar-refractivity contribution >= 4 is 29.1 Å². The van der Waals surface area contributed by atoms with Gasteiger partial charge in [-0.05, 0) is 12.8 Å². The van der Waals surface area contributed by atoms with Crippen LogP contribution in [-0.4, -0.2) is 74.2 Å². The van der Waals surface area contributed by atoms with E-state index in [9.17, 15) is 14.4 Å². The summed E-state index contributed by atoms with van der Waals surface area (Å²) in [4.78, 5) is 43.3. The van der Waals surface area contributed by atoms with E-state index >= 15 is 0 Å². The highest BCUT2D eigenvalue weighted by Gasteiger charge is 2.13. The average molecular weight is 427 g/mol. The number of carboxylic acid groups (broad SMARTS) is 2. The van der Waals surface area contributed by atoms with Gasteiger partial charge in [-0.15, -0.1) is 0 Å². The molecule has 13 nitrogen and oxygen atoms in total. The molecule has 0 fully saturated rings. The Bertz CT molecular complexity index is 896. The van der Waals surface area contributed by atoms with Gasteiger partial charge in [0.25, 0.3) is 5.56 Å². The van der Waals surface area contributed by atoms with Crippen molar-refractivity contribution in [3.05, 3.63) is 16.7 Å². The van der Waals surface area contributed by atoms with Gasteiger partial charge in [0.1, 0.15) is 12.8 Å². The molecule has 2 heterocycles. The number of carbonyl (C=O) groups is 2. The van der Waals surface area contributed by atoms with Gasteiger partial charge in [-0.1, -0.05) is 0 Å². The van der Waals surface area contributed by atoms with Crippen molar-refractivity contribution in [2.75, 3.05) is 32.2 Å². The zero-order chi connectivity index (χ0) is 21.9. The number of aliphatic carboxylic acids is 2. The standard InChI is InChI=1S/C17H25N5O8/c18-17-20-15-14(16(27)21-17)19-9-22(15)10-29-8-11(30-6-2-4-13(25)26)7-28-5-1-3-12(23)24/h9,11H,1-8,10H2,(H,23,24)(H,25,26)(H3,18,20,21,27)/t11-/m0/s1. The highest BCUT2D eigenvalue weighted by atomic mass is 16.6. The van der Waals surface area contributed by atoms with Crippen LogP contribution in [-0.2, 0) is 30.5 Å². The van der Waals surface area contributed by atoms with E-state index in [1.54, 1.807) is 0 Å². The van der Waals surface area contributed by atoms with Crippen LogP contribution in [0.2, 0.25) is 0 Å². The number of imidazole rings is 1. The fourth-order valence-corrected chi connectivity index (χ4v) is 2.51. The molecule has 166 valence electrons. The summed E-state index contributed by atoms with van der Waals surface area (Å²) in [7, 11) is 0. The number of aromatic nitrogens is 4. The Hall–Kier alpha value is -3.03. The Balaban J connectivity index is 1.85. The highest BCUT2D eigenvalue weighted by molar-refractivity contribution is 5.70. The van der Waals surface area contributed by atoms with Crippen LogP contribution in [0.25, 0.3) is 11.2 Å². The molecule has 30 heavy (non-hydrogen) atoms. The summed E-state index contributed by atoms with van der Waals surface area (Å²) in [5.74, 6) is -1.85. The number of aromatic amines is 1. The molecule has 0 saturated carbocycles. The number of nitrogens with one attached hydrogen (secondary N) is 1. The lowest BCUT2D eigenvalue weighted by Gasteiger charge is -2.18. The number of carboxylic acids is 2. The lowest BCUT2D eigenvalue weighted by Crippen LogP contribution is -2.27. The van der Waals surface area contributed by atoms with Crippen LogP contribution in [0.1, 0.15) is 25.7 Å². The molecule has 2 rings (SSSR count). The Morgan fingerprint density at radius 2 is 1.80 bits per heavy atom. The highest BCUT2D eigenvalue weighted by Crippen LogP contribution is 2.07. The fraction of sp³-hybridized carbons (Fsp3) is 0.588. The number of rotatable bonds is 15. The molecule has 1 atom stereocenters. The van der Waals surface area contributed by atoms with Gasteiger partial charge in [-0.3, -0.25) is 23.9 Å². The second-order valence-electron chi connectivity index (χ2n) is 6.40. The molecule has 0 aliphatic rings. The number of hydrogen-bond acceptors (Lipinski definition) is 9. The molecule has 0 unspecified atom stereocenters. The summed E-state index contributed by atoms with van der Waals surface area (Å²) in [6, 6.07) is 0. The Kier molecular flexibility index (Phi) is 9.18. The van der Waals surface area contributed by atoms with Crippen molar-refractivity contribution < 1.29 is 34.0 Å². The third-order valence-corrected chi connectivity index (χ3v) is 3.90. The van der Waals surface area contributed by atoms with Crippen molar-refractivity contribution in [2.45, 2.75) is 38.5 Å². The van der Waals surface area contributed by atoms with Gasteiger partial charge < -0.3 is 30.2 Å². The normalized spacial score (nSPS) is 12.3. The number of hydrogen-bond donors (Lipinski definition) is 4. The van der Waals surface area contributed by atoms with Crippen LogP contribution in [0.5, 0.6) is 0 Å². The van der Waals surface area contributed by atoms with Gasteiger partial charge in [0, 0.05) is 26.1 Å². The Labute approximate surface area is 170 Å². The molecule has 2 aromatic heterocycles. The first-order chi connectivity index (χ1) is 14.4. The average Bonchev–Trinajstić information content (AvgIpc) is 3.07. The van der Waals surface area contributed by atoms with Crippen molar-refractivity contribution in [1.82, 2.24) is 19.5 Å². The lowest BCUT2D eigenvalue weighted by molar-refractivity contribution is -0.139. The maximum Gasteiger partial charge on any atom is 0.303 e. The van der Waals surface area contributed by atoms with E-state index in [-0.39, 0.29) is 63.1 Å². The predicted molar refractivity (Wildman–Crippen MR) is 103 cm³/mol. The molecule has 0 amide bonds. The molecule has 5 N–H and O–H groups in total. The zero-order valence-electron chi connectivity index (χ0n) is 16.3. The zero-order valence-corrected chi connectivity index (χ0v) is 16.3. The van der Waals surface area contributed by atoms with Crippen LogP contribution < -0.4 is 11.3 Å². The van der Waals surface area contributed by atoms with Gasteiger partial charge in [0.15, 0.2) is 11.2 Å². The number of nitrogen functional groups attached to an aromatic ring is 1. The second kappa shape index (κ2) is 11.8. The van der Waals surface area contributed by atoms with Gasteiger partial charge in [0.05, 0.1) is 19.5 Å². The first-order valence-corrected chi connectivity index (χ1v) is 9.28. The SMILES string of the molecule is Nc1nc2c(ncn2COC[C@H](COCCCC(=O)O)OCCCC(=O)O)c(=O)[nH]1. The summed E-state index contributed by atoms with van der Waals surface area (Å²) < 4.78 is 18.2. The molecule has 0 aromatic carbocycles. The topological polar surface area (TPSA) is 192 Å². The van der Waals surface area contributed by atoms with Crippen molar-refractivity contribution in [1.29, 1.82) is 0 Å². The van der Waals surface area contributed by atoms with E-state index in [2.05, 4.69) is 15.0 Å². The van der Waals surface area contributed by atoms with E-state index in [0.717, 1.165) is 0 Å². The fourth-order valence-electron chi connectivity index (χ4n) is 2.51. The lowest BCUT2D eigenvalue weighted by atomic mass is 10.3. The molecular formula is C17H25N5O8. The van der Waals surface area contributed by atoms with Crippen LogP contribution in [0.3, 0.4) is 0 Å². The molecule has 0 radical (unpaired) electrons. The molecule has 0 bridgehead atoms. The molecule has 0 saturated heterocycles. The molecule has 13 heteroatoms.